The third kappa shape index (κ3) is 8.56. The van der Waals surface area contributed by atoms with E-state index in [0.29, 0.717) is 37.1 Å². The van der Waals surface area contributed by atoms with Gasteiger partial charge in [0.1, 0.15) is 36.5 Å². The Kier molecular flexibility index (Phi) is 10.7. The van der Waals surface area contributed by atoms with E-state index in [0.717, 1.165) is 5.56 Å². The lowest BCUT2D eigenvalue weighted by molar-refractivity contribution is -0.142. The van der Waals surface area contributed by atoms with Gasteiger partial charge in [-0.05, 0) is 61.9 Å². The van der Waals surface area contributed by atoms with Crippen molar-refractivity contribution >= 4 is 29.5 Å². The molecule has 5 amide bonds. The molecule has 11 heteroatoms. The number of hydrogen-bond donors (Lipinski definition) is 4. The number of hydrogen-bond acceptors (Lipinski definition) is 6. The molecule has 3 heterocycles. The first kappa shape index (κ1) is 31.5. The second kappa shape index (κ2) is 14.7. The number of fused-ring (bicyclic) bond motifs is 14. The van der Waals surface area contributed by atoms with Crippen molar-refractivity contribution in [1.82, 2.24) is 26.2 Å². The first-order valence-electron chi connectivity index (χ1n) is 14.9. The van der Waals surface area contributed by atoms with E-state index in [9.17, 15) is 24.0 Å². The van der Waals surface area contributed by atoms with Crippen molar-refractivity contribution in [2.24, 2.45) is 5.92 Å². The minimum Gasteiger partial charge on any atom is -0.492 e. The van der Waals surface area contributed by atoms with Gasteiger partial charge < -0.3 is 30.9 Å². The molecule has 5 rings (SSSR count). The third-order valence-electron chi connectivity index (χ3n) is 7.60. The number of carbonyl (C=O) groups is 5. The Labute approximate surface area is 252 Å². The summed E-state index contributed by atoms with van der Waals surface area (Å²) in [7, 11) is 0. The summed E-state index contributed by atoms with van der Waals surface area (Å²) in [6, 6.07) is 12.2. The second-order valence-corrected chi connectivity index (χ2v) is 11.5. The van der Waals surface area contributed by atoms with Crippen LogP contribution in [-0.4, -0.2) is 78.3 Å². The standard InChI is InChI=1S/C32H41N5O6/c1-20(2)18-26-32(42)37-16-7-10-27(37)31(41)33-15-17-43-24-13-11-22(12-14-24)19-25(30(40)34-21(3)28(38)36-26)35-29(39)23-8-5-4-6-9-23/h4-6,8-9,11-14,20-21,25-27H,7,10,15-19H2,1-3H3,(H,33,41)(H,34,40)(H,35,39)(H,36,38)/t21-,25+,26+,27-/m1/s1. The normalized spacial score (nSPS) is 24.0. The van der Waals surface area contributed by atoms with E-state index in [2.05, 4.69) is 21.3 Å². The fourth-order valence-corrected chi connectivity index (χ4v) is 5.33. The molecule has 230 valence electrons. The van der Waals surface area contributed by atoms with Crippen molar-refractivity contribution in [3.8, 4) is 5.75 Å². The van der Waals surface area contributed by atoms with Crippen LogP contribution in [0.5, 0.6) is 5.75 Å². The number of rotatable bonds is 4. The lowest BCUT2D eigenvalue weighted by Crippen LogP contribution is -2.58. The molecule has 0 aromatic heterocycles. The summed E-state index contributed by atoms with van der Waals surface area (Å²) in [6.07, 6.45) is 1.75. The van der Waals surface area contributed by atoms with Crippen LogP contribution in [0.25, 0.3) is 0 Å². The lowest BCUT2D eigenvalue weighted by Gasteiger charge is -2.30. The molecule has 11 nitrogen and oxygen atoms in total. The summed E-state index contributed by atoms with van der Waals surface area (Å²) in [4.78, 5) is 67.9. The van der Waals surface area contributed by atoms with Gasteiger partial charge in [-0.3, -0.25) is 24.0 Å². The Morgan fingerprint density at radius 1 is 0.977 bits per heavy atom. The quantitative estimate of drug-likeness (QED) is 0.425. The number of nitrogens with one attached hydrogen (secondary N) is 4. The molecule has 2 bridgehead atoms. The summed E-state index contributed by atoms with van der Waals surface area (Å²) < 4.78 is 5.79. The van der Waals surface area contributed by atoms with E-state index in [1.165, 1.54) is 6.92 Å². The molecule has 0 unspecified atom stereocenters. The van der Waals surface area contributed by atoms with E-state index in [1.54, 1.807) is 59.5 Å². The van der Waals surface area contributed by atoms with Crippen molar-refractivity contribution < 1.29 is 28.7 Å². The maximum Gasteiger partial charge on any atom is 0.251 e. The smallest absolute Gasteiger partial charge is 0.251 e. The van der Waals surface area contributed by atoms with Crippen molar-refractivity contribution in [2.45, 2.75) is 70.6 Å². The fraction of sp³-hybridized carbons (Fsp3) is 0.469. The van der Waals surface area contributed by atoms with Crippen molar-refractivity contribution in [1.29, 1.82) is 0 Å². The highest BCUT2D eigenvalue weighted by atomic mass is 16.5. The molecule has 0 spiro atoms. The van der Waals surface area contributed by atoms with Crippen LogP contribution in [0.3, 0.4) is 0 Å². The van der Waals surface area contributed by atoms with Crippen LogP contribution in [0.4, 0.5) is 0 Å². The Bertz CT molecular complexity index is 1300. The van der Waals surface area contributed by atoms with Gasteiger partial charge in [-0.2, -0.15) is 0 Å². The van der Waals surface area contributed by atoms with Crippen molar-refractivity contribution in [3.63, 3.8) is 0 Å². The zero-order valence-corrected chi connectivity index (χ0v) is 24.9. The average Bonchev–Trinajstić information content (AvgIpc) is 3.49. The third-order valence-corrected chi connectivity index (χ3v) is 7.60. The molecule has 4 atom stereocenters. The topological polar surface area (TPSA) is 146 Å². The maximum absolute atomic E-state index is 13.6. The molecule has 3 aliphatic rings. The summed E-state index contributed by atoms with van der Waals surface area (Å²) in [6.45, 7) is 6.33. The minimum absolute atomic E-state index is 0.0837. The zero-order valence-electron chi connectivity index (χ0n) is 24.9. The van der Waals surface area contributed by atoms with E-state index in [-0.39, 0.29) is 37.3 Å². The number of nitrogens with zero attached hydrogens (tertiary/aromatic N) is 1. The van der Waals surface area contributed by atoms with Gasteiger partial charge in [-0.25, -0.2) is 0 Å². The maximum atomic E-state index is 13.6. The first-order chi connectivity index (χ1) is 20.6. The molecule has 0 aliphatic carbocycles. The van der Waals surface area contributed by atoms with Crippen LogP contribution < -0.4 is 26.0 Å². The largest absolute Gasteiger partial charge is 0.492 e. The summed E-state index contributed by atoms with van der Waals surface area (Å²) in [5.41, 5.74) is 1.17. The summed E-state index contributed by atoms with van der Waals surface area (Å²) in [5, 5.41) is 11.2. The Balaban J connectivity index is 1.59. The highest BCUT2D eigenvalue weighted by Gasteiger charge is 2.38. The molecule has 0 saturated carbocycles. The SMILES string of the molecule is CC(C)C[C@@H]1NC(=O)[C@@H](C)NC(=O)[C@@H](NC(=O)c2ccccc2)Cc2ccc(cc2)OCCNC(=O)[C@H]2CCCN2C1=O. The van der Waals surface area contributed by atoms with Gasteiger partial charge in [0, 0.05) is 18.5 Å². The molecule has 43 heavy (non-hydrogen) atoms. The van der Waals surface area contributed by atoms with Gasteiger partial charge in [0.15, 0.2) is 0 Å². The highest BCUT2D eigenvalue weighted by Crippen LogP contribution is 2.21. The van der Waals surface area contributed by atoms with Crippen LogP contribution in [0.2, 0.25) is 0 Å². The van der Waals surface area contributed by atoms with Crippen LogP contribution in [-0.2, 0) is 25.6 Å². The van der Waals surface area contributed by atoms with E-state index >= 15 is 0 Å². The van der Waals surface area contributed by atoms with Crippen LogP contribution in [0, 0.1) is 5.92 Å². The average molecular weight is 592 g/mol. The second-order valence-electron chi connectivity index (χ2n) is 11.5. The number of ether oxygens (including phenoxy) is 1. The molecule has 1 fully saturated rings. The molecule has 2 aromatic rings. The van der Waals surface area contributed by atoms with Gasteiger partial charge >= 0.3 is 0 Å². The Hall–Kier alpha value is -4.41. The molecular weight excluding hydrogens is 550 g/mol. The first-order valence-corrected chi connectivity index (χ1v) is 14.9. The lowest BCUT2D eigenvalue weighted by atomic mass is 10.0. The van der Waals surface area contributed by atoms with Crippen LogP contribution >= 0.6 is 0 Å². The highest BCUT2D eigenvalue weighted by molar-refractivity contribution is 5.99. The van der Waals surface area contributed by atoms with E-state index in [1.807, 2.05) is 13.8 Å². The summed E-state index contributed by atoms with van der Waals surface area (Å²) >= 11 is 0. The van der Waals surface area contributed by atoms with Gasteiger partial charge in [-0.1, -0.05) is 44.2 Å². The Morgan fingerprint density at radius 3 is 2.40 bits per heavy atom. The van der Waals surface area contributed by atoms with Gasteiger partial charge in [0.05, 0.1) is 6.54 Å². The van der Waals surface area contributed by atoms with Gasteiger partial charge in [0.25, 0.3) is 5.91 Å². The van der Waals surface area contributed by atoms with Gasteiger partial charge in [0.2, 0.25) is 23.6 Å². The molecule has 2 aromatic carbocycles. The summed E-state index contributed by atoms with van der Waals surface area (Å²) in [5.74, 6) is -1.39. The van der Waals surface area contributed by atoms with Crippen molar-refractivity contribution in [3.05, 3.63) is 65.7 Å². The minimum atomic E-state index is -0.995. The number of amides is 5. The van der Waals surface area contributed by atoms with Crippen molar-refractivity contribution in [2.75, 3.05) is 19.7 Å². The Morgan fingerprint density at radius 2 is 1.70 bits per heavy atom. The van der Waals surface area contributed by atoms with E-state index in [4.69, 9.17) is 4.74 Å². The number of carbonyl (C=O) groups excluding carboxylic acids is 5. The number of benzene rings is 2. The van der Waals surface area contributed by atoms with Crippen LogP contribution in [0.1, 0.15) is 56.0 Å². The molecule has 0 radical (unpaired) electrons. The molecule has 1 saturated heterocycles. The predicted molar refractivity (Wildman–Crippen MR) is 160 cm³/mol. The van der Waals surface area contributed by atoms with E-state index < -0.39 is 41.9 Å². The van der Waals surface area contributed by atoms with Crippen LogP contribution in [0.15, 0.2) is 54.6 Å². The molecule has 4 N–H and O–H groups in total. The fourth-order valence-electron chi connectivity index (χ4n) is 5.33. The molecule has 3 aliphatic heterocycles. The predicted octanol–water partition coefficient (Wildman–Crippen LogP) is 1.56. The monoisotopic (exact) mass is 591 g/mol. The van der Waals surface area contributed by atoms with Gasteiger partial charge in [-0.15, -0.1) is 0 Å². The molecular formula is C32H41N5O6. The zero-order chi connectivity index (χ0) is 30.9.